The quantitative estimate of drug-likeness (QED) is 0.357. The second-order valence-corrected chi connectivity index (χ2v) is 7.76. The standard InChI is InChI=1S/C18H22N4O5S/c1-2-27-17(23)15-14(11-21-6-8-28-9-7-21)19-18(24)20-16(15)12-4-3-5-13(10-12)22(25)26/h3-5,10,16H,2,6-9,11H2,1H3,(H2,19,20,24)/p+1/t16-/m1/s1. The third-order valence-electron chi connectivity index (χ3n) is 4.69. The summed E-state index contributed by atoms with van der Waals surface area (Å²) in [6.07, 6.45) is 0. The van der Waals surface area contributed by atoms with Gasteiger partial charge in [-0.25, -0.2) is 9.59 Å². The number of benzene rings is 1. The molecule has 2 amide bonds. The number of urea groups is 1. The highest BCUT2D eigenvalue weighted by Crippen LogP contribution is 2.29. The summed E-state index contributed by atoms with van der Waals surface area (Å²) >= 11 is 1.89. The normalized spacial score (nSPS) is 20.3. The van der Waals surface area contributed by atoms with Crippen molar-refractivity contribution in [1.82, 2.24) is 10.6 Å². The van der Waals surface area contributed by atoms with Gasteiger partial charge in [0, 0.05) is 23.6 Å². The Hall–Kier alpha value is -2.59. The molecule has 1 fully saturated rings. The average Bonchev–Trinajstić information content (AvgIpc) is 2.68. The summed E-state index contributed by atoms with van der Waals surface area (Å²) in [5.74, 6) is 1.52. The molecule has 0 unspecified atom stereocenters. The van der Waals surface area contributed by atoms with E-state index in [4.69, 9.17) is 4.74 Å². The summed E-state index contributed by atoms with van der Waals surface area (Å²) in [4.78, 5) is 36.9. The van der Waals surface area contributed by atoms with Crippen molar-refractivity contribution in [3.63, 3.8) is 0 Å². The zero-order valence-electron chi connectivity index (χ0n) is 15.5. The minimum atomic E-state index is -0.804. The van der Waals surface area contributed by atoms with Crippen molar-refractivity contribution >= 4 is 29.4 Å². The Morgan fingerprint density at radius 3 is 2.82 bits per heavy atom. The van der Waals surface area contributed by atoms with Crippen LogP contribution in [-0.2, 0) is 9.53 Å². The van der Waals surface area contributed by atoms with E-state index in [0.29, 0.717) is 23.4 Å². The van der Waals surface area contributed by atoms with Crippen LogP contribution < -0.4 is 15.5 Å². The summed E-state index contributed by atoms with van der Waals surface area (Å²) < 4.78 is 5.23. The molecule has 9 nitrogen and oxygen atoms in total. The SMILES string of the molecule is CCOC(=O)C1=C(C[NH+]2CCSCC2)NC(=O)N[C@@H]1c1cccc([N+](=O)[O-])c1. The van der Waals surface area contributed by atoms with E-state index in [0.717, 1.165) is 24.6 Å². The fraction of sp³-hybridized carbons (Fsp3) is 0.444. The molecule has 3 rings (SSSR count). The van der Waals surface area contributed by atoms with Crippen LogP contribution in [0, 0.1) is 10.1 Å². The number of carbonyl (C=O) groups excluding carboxylic acids is 2. The monoisotopic (exact) mass is 407 g/mol. The van der Waals surface area contributed by atoms with Crippen LogP contribution in [0.2, 0.25) is 0 Å². The molecule has 1 aromatic carbocycles. The number of quaternary nitrogens is 1. The molecule has 0 spiro atoms. The van der Waals surface area contributed by atoms with Crippen LogP contribution in [0.1, 0.15) is 18.5 Å². The number of hydrogen-bond acceptors (Lipinski definition) is 6. The zero-order chi connectivity index (χ0) is 20.1. The van der Waals surface area contributed by atoms with E-state index >= 15 is 0 Å². The van der Waals surface area contributed by atoms with Gasteiger partial charge in [0.15, 0.2) is 0 Å². The Labute approximate surface area is 166 Å². The molecule has 2 aliphatic rings. The second kappa shape index (κ2) is 9.07. The minimum Gasteiger partial charge on any atom is -0.463 e. The Morgan fingerprint density at radius 1 is 1.39 bits per heavy atom. The molecular formula is C18H23N4O5S+. The minimum absolute atomic E-state index is 0.103. The van der Waals surface area contributed by atoms with Crippen molar-refractivity contribution < 1.29 is 24.1 Å². The summed E-state index contributed by atoms with van der Waals surface area (Å²) in [7, 11) is 0. The van der Waals surface area contributed by atoms with Crippen molar-refractivity contribution in [2.24, 2.45) is 0 Å². The summed E-state index contributed by atoms with van der Waals surface area (Å²) in [5, 5.41) is 16.6. The molecule has 2 heterocycles. The number of nitro benzene ring substituents is 1. The maximum Gasteiger partial charge on any atom is 0.338 e. The van der Waals surface area contributed by atoms with Gasteiger partial charge >= 0.3 is 12.0 Å². The predicted molar refractivity (Wildman–Crippen MR) is 104 cm³/mol. The highest BCUT2D eigenvalue weighted by atomic mass is 32.2. The van der Waals surface area contributed by atoms with Crippen LogP contribution in [0.15, 0.2) is 35.5 Å². The van der Waals surface area contributed by atoms with E-state index in [1.165, 1.54) is 23.1 Å². The number of nitrogens with one attached hydrogen (secondary N) is 3. The number of carbonyl (C=O) groups is 2. The van der Waals surface area contributed by atoms with Gasteiger partial charge in [-0.3, -0.25) is 10.1 Å². The molecule has 3 N–H and O–H groups in total. The van der Waals surface area contributed by atoms with Gasteiger partial charge < -0.3 is 20.3 Å². The third kappa shape index (κ3) is 4.63. The maximum absolute atomic E-state index is 12.7. The van der Waals surface area contributed by atoms with Gasteiger partial charge in [0.1, 0.15) is 6.54 Å². The smallest absolute Gasteiger partial charge is 0.338 e. The van der Waals surface area contributed by atoms with Crippen molar-refractivity contribution in [3.05, 3.63) is 51.2 Å². The number of amides is 2. The van der Waals surface area contributed by atoms with Gasteiger partial charge in [-0.15, -0.1) is 0 Å². The first-order valence-electron chi connectivity index (χ1n) is 9.13. The third-order valence-corrected chi connectivity index (χ3v) is 5.68. The topological polar surface area (TPSA) is 115 Å². The van der Waals surface area contributed by atoms with Gasteiger partial charge in [0.25, 0.3) is 5.69 Å². The average molecular weight is 407 g/mol. The van der Waals surface area contributed by atoms with Gasteiger partial charge in [-0.1, -0.05) is 12.1 Å². The predicted octanol–water partition coefficient (Wildman–Crippen LogP) is 0.398. The molecule has 0 aromatic heterocycles. The van der Waals surface area contributed by atoms with Gasteiger partial charge in [-0.2, -0.15) is 11.8 Å². The zero-order valence-corrected chi connectivity index (χ0v) is 16.3. The molecule has 0 aliphatic carbocycles. The van der Waals surface area contributed by atoms with Crippen LogP contribution in [0.5, 0.6) is 0 Å². The Bertz CT molecular complexity index is 807. The van der Waals surface area contributed by atoms with E-state index < -0.39 is 23.0 Å². The molecule has 28 heavy (non-hydrogen) atoms. The van der Waals surface area contributed by atoms with Crippen LogP contribution in [0.4, 0.5) is 10.5 Å². The second-order valence-electron chi connectivity index (χ2n) is 6.54. The lowest BCUT2D eigenvalue weighted by Gasteiger charge is -2.31. The fourth-order valence-electron chi connectivity index (χ4n) is 3.36. The molecule has 1 atom stereocenters. The fourth-order valence-corrected chi connectivity index (χ4v) is 4.43. The molecule has 1 aromatic rings. The first-order valence-corrected chi connectivity index (χ1v) is 10.3. The van der Waals surface area contributed by atoms with E-state index in [9.17, 15) is 19.7 Å². The van der Waals surface area contributed by atoms with E-state index in [-0.39, 0.29) is 12.3 Å². The molecular weight excluding hydrogens is 384 g/mol. The number of rotatable bonds is 6. The number of nitro groups is 1. The number of thioether (sulfide) groups is 1. The summed E-state index contributed by atoms with van der Waals surface area (Å²) in [6.45, 7) is 4.28. The van der Waals surface area contributed by atoms with Crippen molar-refractivity contribution in [2.75, 3.05) is 37.7 Å². The van der Waals surface area contributed by atoms with E-state index in [2.05, 4.69) is 10.6 Å². The largest absolute Gasteiger partial charge is 0.463 e. The van der Waals surface area contributed by atoms with Gasteiger partial charge in [0.05, 0.1) is 41.9 Å². The van der Waals surface area contributed by atoms with Crippen LogP contribution in [0.25, 0.3) is 0 Å². The molecule has 2 aliphatic heterocycles. The van der Waals surface area contributed by atoms with Crippen LogP contribution in [0.3, 0.4) is 0 Å². The van der Waals surface area contributed by atoms with E-state index in [1.807, 2.05) is 11.8 Å². The Morgan fingerprint density at radius 2 is 2.14 bits per heavy atom. The lowest BCUT2D eigenvalue weighted by molar-refractivity contribution is -0.891. The summed E-state index contributed by atoms with van der Waals surface area (Å²) in [5.41, 5.74) is 1.18. The van der Waals surface area contributed by atoms with Gasteiger partial charge in [-0.05, 0) is 12.5 Å². The highest BCUT2D eigenvalue weighted by molar-refractivity contribution is 7.99. The van der Waals surface area contributed by atoms with Crippen molar-refractivity contribution in [2.45, 2.75) is 13.0 Å². The number of ether oxygens (including phenoxy) is 1. The number of hydrogen-bond donors (Lipinski definition) is 3. The van der Waals surface area contributed by atoms with E-state index in [1.54, 1.807) is 13.0 Å². The van der Waals surface area contributed by atoms with Gasteiger partial charge in [0.2, 0.25) is 0 Å². The van der Waals surface area contributed by atoms with Crippen molar-refractivity contribution in [1.29, 1.82) is 0 Å². The molecule has 0 radical (unpaired) electrons. The highest BCUT2D eigenvalue weighted by Gasteiger charge is 2.36. The van der Waals surface area contributed by atoms with Crippen LogP contribution >= 0.6 is 11.8 Å². The Balaban J connectivity index is 2.01. The molecule has 150 valence electrons. The van der Waals surface area contributed by atoms with Crippen LogP contribution in [-0.4, -0.2) is 54.7 Å². The number of non-ortho nitro benzene ring substituents is 1. The molecule has 0 saturated carbocycles. The first-order chi connectivity index (χ1) is 13.5. The maximum atomic E-state index is 12.7. The summed E-state index contributed by atoms with van der Waals surface area (Å²) in [6, 6.07) is 4.70. The molecule has 1 saturated heterocycles. The lowest BCUT2D eigenvalue weighted by atomic mass is 9.94. The molecule has 0 bridgehead atoms. The number of nitrogens with zero attached hydrogens (tertiary/aromatic N) is 1. The lowest BCUT2D eigenvalue weighted by Crippen LogP contribution is -3.14. The Kier molecular flexibility index (Phi) is 6.53. The first kappa shape index (κ1) is 20.2. The van der Waals surface area contributed by atoms with Crippen molar-refractivity contribution in [3.8, 4) is 0 Å². The number of esters is 1. The molecule has 10 heteroatoms.